The highest BCUT2D eigenvalue weighted by atomic mass is 35.5. The molecular weight excluding hydrogens is 262 g/mol. The molecule has 6 heteroatoms. The summed E-state index contributed by atoms with van der Waals surface area (Å²) in [5.74, 6) is 1.10. The lowest BCUT2D eigenvalue weighted by Gasteiger charge is -2.09. The Hall–Kier alpha value is -2.01. The van der Waals surface area contributed by atoms with Crippen LogP contribution in [0.25, 0.3) is 0 Å². The van der Waals surface area contributed by atoms with E-state index >= 15 is 0 Å². The van der Waals surface area contributed by atoms with E-state index in [1.54, 1.807) is 6.20 Å². The third-order valence-electron chi connectivity index (χ3n) is 2.47. The topological polar surface area (TPSA) is 75.9 Å². The highest BCUT2D eigenvalue weighted by Gasteiger charge is 2.03. The maximum Gasteiger partial charge on any atom is 0.225 e. The molecule has 0 saturated carbocycles. The van der Waals surface area contributed by atoms with Gasteiger partial charge < -0.3 is 16.4 Å². The zero-order valence-corrected chi connectivity index (χ0v) is 11.1. The fourth-order valence-electron chi connectivity index (χ4n) is 1.52. The molecule has 0 bridgehead atoms. The van der Waals surface area contributed by atoms with E-state index in [0.29, 0.717) is 30.5 Å². The van der Waals surface area contributed by atoms with Crippen LogP contribution in [0, 0.1) is 6.92 Å². The maximum atomic E-state index is 5.83. The molecule has 0 atom stereocenters. The lowest BCUT2D eigenvalue weighted by Crippen LogP contribution is -2.09. The highest BCUT2D eigenvalue weighted by molar-refractivity contribution is 6.30. The van der Waals surface area contributed by atoms with E-state index in [0.717, 1.165) is 10.6 Å². The summed E-state index contributed by atoms with van der Waals surface area (Å²) >= 11 is 5.83. The van der Waals surface area contributed by atoms with Gasteiger partial charge in [0.25, 0.3) is 0 Å². The molecule has 1 aromatic carbocycles. The smallest absolute Gasteiger partial charge is 0.225 e. The van der Waals surface area contributed by atoms with Gasteiger partial charge in [-0.3, -0.25) is 0 Å². The fourth-order valence-corrected chi connectivity index (χ4v) is 1.65. The molecule has 2 rings (SSSR count). The Labute approximate surface area is 117 Å². The van der Waals surface area contributed by atoms with Crippen LogP contribution in [-0.2, 0) is 6.54 Å². The Morgan fingerprint density at radius 3 is 2.63 bits per heavy atom. The van der Waals surface area contributed by atoms with Crippen LogP contribution in [0.4, 0.5) is 17.5 Å². The van der Waals surface area contributed by atoms with Crippen molar-refractivity contribution in [3.05, 3.63) is 48.0 Å². The molecule has 0 saturated heterocycles. The van der Waals surface area contributed by atoms with Crippen molar-refractivity contribution in [2.45, 2.75) is 6.54 Å². The summed E-state index contributed by atoms with van der Waals surface area (Å²) in [4.78, 5) is 8.39. The van der Waals surface area contributed by atoms with Gasteiger partial charge in [-0.15, -0.1) is 0 Å². The minimum absolute atomic E-state index is 0.501. The molecule has 1 aromatic heterocycles. The summed E-state index contributed by atoms with van der Waals surface area (Å²) in [6.07, 6.45) is 1.56. The Balaban J connectivity index is 2.03. The first-order valence-electron chi connectivity index (χ1n) is 5.83. The normalized spacial score (nSPS) is 10.2. The largest absolute Gasteiger partial charge is 0.394 e. The fraction of sp³-hybridized carbons (Fsp3) is 0.154. The molecule has 1 heterocycles. The first kappa shape index (κ1) is 13.4. The van der Waals surface area contributed by atoms with Crippen molar-refractivity contribution < 1.29 is 0 Å². The van der Waals surface area contributed by atoms with Crippen LogP contribution in [0.1, 0.15) is 5.56 Å². The van der Waals surface area contributed by atoms with Crippen LogP contribution in [0.5, 0.6) is 0 Å². The predicted octanol–water partition coefficient (Wildman–Crippen LogP) is 2.57. The van der Waals surface area contributed by atoms with Gasteiger partial charge in [0.2, 0.25) is 5.95 Å². The minimum Gasteiger partial charge on any atom is -0.394 e. The van der Waals surface area contributed by atoms with E-state index < -0.39 is 0 Å². The number of anilines is 3. The molecule has 99 valence electrons. The highest BCUT2D eigenvalue weighted by Crippen LogP contribution is 2.16. The van der Waals surface area contributed by atoms with Crippen LogP contribution in [0.15, 0.2) is 30.5 Å². The number of halogens is 1. The van der Waals surface area contributed by atoms with E-state index in [1.165, 1.54) is 0 Å². The molecule has 5 nitrogen and oxygen atoms in total. The molecule has 0 fully saturated rings. The number of hydrogen-bond donors (Lipinski definition) is 3. The van der Waals surface area contributed by atoms with Gasteiger partial charge in [-0.2, -0.15) is 4.98 Å². The van der Waals surface area contributed by atoms with E-state index in [9.17, 15) is 0 Å². The number of rotatable bonds is 5. The van der Waals surface area contributed by atoms with Crippen molar-refractivity contribution in [2.24, 2.45) is 0 Å². The Bertz CT molecular complexity index is 541. The van der Waals surface area contributed by atoms with E-state index in [-0.39, 0.29) is 0 Å². The van der Waals surface area contributed by atoms with Gasteiger partial charge in [-0.05, 0) is 24.6 Å². The lowest BCUT2D eigenvalue weighted by molar-refractivity contribution is 1.05. The van der Waals surface area contributed by atoms with Gasteiger partial charge in [0, 0.05) is 18.1 Å². The number of hydrogen-bond acceptors (Lipinski definition) is 5. The number of nitrogens with one attached hydrogen (secondary N) is 2. The van der Waals surface area contributed by atoms with Crippen molar-refractivity contribution in [2.75, 3.05) is 22.9 Å². The van der Waals surface area contributed by atoms with Crippen LogP contribution in [-0.4, -0.2) is 16.5 Å². The summed E-state index contributed by atoms with van der Waals surface area (Å²) in [5, 5.41) is 6.82. The molecule has 4 N–H and O–H groups in total. The predicted molar refractivity (Wildman–Crippen MR) is 79.1 cm³/mol. The molecule has 0 aliphatic carbocycles. The van der Waals surface area contributed by atoms with E-state index in [4.69, 9.17) is 17.3 Å². The molecule has 19 heavy (non-hydrogen) atoms. The molecule has 1 radical (unpaired) electrons. The number of nitrogens with two attached hydrogens (primary N) is 1. The van der Waals surface area contributed by atoms with Crippen molar-refractivity contribution in [3.8, 4) is 0 Å². The first-order chi connectivity index (χ1) is 9.19. The molecule has 0 amide bonds. The molecule has 0 unspecified atom stereocenters. The molecule has 2 aromatic rings. The standard InChI is InChI=1S/C13H15ClN5/c1-2-16-12-11(15)8-18-13(19-12)17-7-9-3-5-10(14)6-4-9/h3-6,8H,1-2,7,15H2,(H2,16,17,18,19). The Morgan fingerprint density at radius 2 is 1.95 bits per heavy atom. The van der Waals surface area contributed by atoms with E-state index in [1.807, 2.05) is 24.3 Å². The number of benzene rings is 1. The van der Waals surface area contributed by atoms with Crippen LogP contribution in [0.3, 0.4) is 0 Å². The average Bonchev–Trinajstić information content (AvgIpc) is 2.42. The quantitative estimate of drug-likeness (QED) is 0.782. The molecule has 0 aliphatic heterocycles. The lowest BCUT2D eigenvalue weighted by atomic mass is 10.2. The molecule has 0 aliphatic rings. The zero-order chi connectivity index (χ0) is 13.7. The molecular formula is C13H15ClN5. The zero-order valence-electron chi connectivity index (χ0n) is 10.4. The van der Waals surface area contributed by atoms with Crippen LogP contribution in [0.2, 0.25) is 5.02 Å². The van der Waals surface area contributed by atoms with Crippen molar-refractivity contribution in [1.82, 2.24) is 9.97 Å². The second-order valence-electron chi connectivity index (χ2n) is 3.90. The first-order valence-corrected chi connectivity index (χ1v) is 6.21. The summed E-state index contributed by atoms with van der Waals surface area (Å²) in [6.45, 7) is 4.82. The number of aromatic nitrogens is 2. The number of nitrogen functional groups attached to an aromatic ring is 1. The second kappa shape index (κ2) is 6.24. The average molecular weight is 277 g/mol. The van der Waals surface area contributed by atoms with Crippen LogP contribution < -0.4 is 16.4 Å². The maximum absolute atomic E-state index is 5.83. The Morgan fingerprint density at radius 1 is 1.21 bits per heavy atom. The van der Waals surface area contributed by atoms with E-state index in [2.05, 4.69) is 27.5 Å². The summed E-state index contributed by atoms with van der Waals surface area (Å²) in [6, 6.07) is 7.58. The molecule has 0 spiro atoms. The van der Waals surface area contributed by atoms with Gasteiger partial charge in [0.15, 0.2) is 5.82 Å². The monoisotopic (exact) mass is 276 g/mol. The van der Waals surface area contributed by atoms with Gasteiger partial charge in [0.1, 0.15) is 0 Å². The third-order valence-corrected chi connectivity index (χ3v) is 2.73. The van der Waals surface area contributed by atoms with Gasteiger partial charge in [-0.25, -0.2) is 4.98 Å². The van der Waals surface area contributed by atoms with Crippen LogP contribution >= 0.6 is 11.6 Å². The number of nitrogens with zero attached hydrogens (tertiary/aromatic N) is 2. The van der Waals surface area contributed by atoms with Crippen molar-refractivity contribution in [1.29, 1.82) is 0 Å². The van der Waals surface area contributed by atoms with Gasteiger partial charge in [0.05, 0.1) is 11.9 Å². The second-order valence-corrected chi connectivity index (χ2v) is 4.34. The van der Waals surface area contributed by atoms with Crippen molar-refractivity contribution in [3.63, 3.8) is 0 Å². The Kier molecular flexibility index (Phi) is 4.41. The third kappa shape index (κ3) is 3.72. The summed E-state index contributed by atoms with van der Waals surface area (Å²) in [5.41, 5.74) is 7.34. The SMILES string of the molecule is [CH2]CNc1nc(NCc2ccc(Cl)cc2)ncc1N. The summed E-state index contributed by atoms with van der Waals surface area (Å²) < 4.78 is 0. The van der Waals surface area contributed by atoms with Gasteiger partial charge >= 0.3 is 0 Å². The van der Waals surface area contributed by atoms with Crippen molar-refractivity contribution >= 4 is 29.1 Å². The van der Waals surface area contributed by atoms with Gasteiger partial charge in [-0.1, -0.05) is 23.7 Å². The minimum atomic E-state index is 0.501. The summed E-state index contributed by atoms with van der Waals surface area (Å²) in [7, 11) is 0.